The Morgan fingerprint density at radius 2 is 1.82 bits per heavy atom. The first-order chi connectivity index (χ1) is 13.7. The summed E-state index contributed by atoms with van der Waals surface area (Å²) in [6, 6.07) is 14.0. The Kier molecular flexibility index (Phi) is 5.53. The fourth-order valence-electron chi connectivity index (χ4n) is 4.13. The van der Waals surface area contributed by atoms with Gasteiger partial charge in [-0.2, -0.15) is 0 Å². The van der Waals surface area contributed by atoms with E-state index in [0.717, 1.165) is 41.3 Å². The van der Waals surface area contributed by atoms with Crippen molar-refractivity contribution < 1.29 is 9.53 Å². The van der Waals surface area contributed by atoms with E-state index in [4.69, 9.17) is 4.74 Å². The SMILES string of the molecule is CCN1CN(c2ccccc2C)C(=O)c2cc(OCCN3CCCC3)ccc21. The van der Waals surface area contributed by atoms with E-state index >= 15 is 0 Å². The zero-order valence-electron chi connectivity index (χ0n) is 16.9. The Hall–Kier alpha value is -2.53. The number of carbonyl (C=O) groups excluding carboxylic acids is 1. The molecule has 5 nitrogen and oxygen atoms in total. The lowest BCUT2D eigenvalue weighted by Gasteiger charge is -2.38. The van der Waals surface area contributed by atoms with E-state index in [0.29, 0.717) is 13.3 Å². The number of nitrogens with zero attached hydrogens (tertiary/aromatic N) is 3. The number of fused-ring (bicyclic) bond motifs is 1. The molecule has 0 aliphatic carbocycles. The van der Waals surface area contributed by atoms with Gasteiger partial charge in [0.25, 0.3) is 5.91 Å². The highest BCUT2D eigenvalue weighted by Crippen LogP contribution is 2.34. The number of para-hydroxylation sites is 1. The monoisotopic (exact) mass is 379 g/mol. The van der Waals surface area contributed by atoms with Crippen LogP contribution in [0.3, 0.4) is 0 Å². The zero-order chi connectivity index (χ0) is 19.5. The summed E-state index contributed by atoms with van der Waals surface area (Å²) in [5, 5.41) is 0. The highest BCUT2D eigenvalue weighted by molar-refractivity contribution is 6.12. The quantitative estimate of drug-likeness (QED) is 0.762. The molecule has 2 aromatic carbocycles. The fourth-order valence-corrected chi connectivity index (χ4v) is 4.13. The summed E-state index contributed by atoms with van der Waals surface area (Å²) in [6.07, 6.45) is 2.57. The highest BCUT2D eigenvalue weighted by atomic mass is 16.5. The molecule has 0 unspecified atom stereocenters. The van der Waals surface area contributed by atoms with Crippen molar-refractivity contribution >= 4 is 17.3 Å². The molecule has 2 aromatic rings. The van der Waals surface area contributed by atoms with Crippen LogP contribution in [0.1, 0.15) is 35.7 Å². The molecule has 0 radical (unpaired) electrons. The predicted octanol–water partition coefficient (Wildman–Crippen LogP) is 3.91. The molecule has 5 heteroatoms. The summed E-state index contributed by atoms with van der Waals surface area (Å²) in [4.78, 5) is 19.8. The fraction of sp³-hybridized carbons (Fsp3) is 0.435. The van der Waals surface area contributed by atoms with Crippen LogP contribution < -0.4 is 14.5 Å². The van der Waals surface area contributed by atoms with Crippen LogP contribution in [0.5, 0.6) is 5.75 Å². The van der Waals surface area contributed by atoms with Gasteiger partial charge >= 0.3 is 0 Å². The van der Waals surface area contributed by atoms with Gasteiger partial charge in [-0.3, -0.25) is 14.6 Å². The summed E-state index contributed by atoms with van der Waals surface area (Å²) in [6.45, 7) is 9.53. The molecule has 0 atom stereocenters. The maximum Gasteiger partial charge on any atom is 0.262 e. The summed E-state index contributed by atoms with van der Waals surface area (Å²) < 4.78 is 5.98. The van der Waals surface area contributed by atoms with E-state index in [-0.39, 0.29) is 5.91 Å². The van der Waals surface area contributed by atoms with Crippen LogP contribution >= 0.6 is 0 Å². The van der Waals surface area contributed by atoms with Gasteiger partial charge in [0.15, 0.2) is 0 Å². The average Bonchev–Trinajstić information content (AvgIpc) is 3.23. The first-order valence-corrected chi connectivity index (χ1v) is 10.3. The maximum atomic E-state index is 13.3. The third kappa shape index (κ3) is 3.72. The second-order valence-corrected chi connectivity index (χ2v) is 7.59. The summed E-state index contributed by atoms with van der Waals surface area (Å²) in [5.41, 5.74) is 3.78. The molecule has 2 heterocycles. The molecule has 0 spiro atoms. The van der Waals surface area contributed by atoms with Crippen molar-refractivity contribution in [1.82, 2.24) is 4.90 Å². The van der Waals surface area contributed by atoms with Gasteiger partial charge < -0.3 is 9.64 Å². The average molecular weight is 380 g/mol. The van der Waals surface area contributed by atoms with Crippen molar-refractivity contribution in [2.75, 3.05) is 49.3 Å². The lowest BCUT2D eigenvalue weighted by Crippen LogP contribution is -2.47. The van der Waals surface area contributed by atoms with Gasteiger partial charge in [0.1, 0.15) is 12.4 Å². The molecule has 2 aliphatic rings. The highest BCUT2D eigenvalue weighted by Gasteiger charge is 2.30. The van der Waals surface area contributed by atoms with Crippen molar-refractivity contribution in [3.8, 4) is 5.75 Å². The Bertz CT molecular complexity index is 845. The maximum absolute atomic E-state index is 13.3. The number of amides is 1. The Labute approximate surface area is 167 Å². The largest absolute Gasteiger partial charge is 0.492 e. The first kappa shape index (κ1) is 18.8. The molecule has 0 N–H and O–H groups in total. The number of ether oxygens (including phenoxy) is 1. The number of anilines is 2. The molecule has 4 rings (SSSR count). The molecular formula is C23H29N3O2. The number of rotatable bonds is 6. The minimum atomic E-state index is 0.0407. The Morgan fingerprint density at radius 1 is 1.04 bits per heavy atom. The van der Waals surface area contributed by atoms with Gasteiger partial charge in [0, 0.05) is 18.8 Å². The zero-order valence-corrected chi connectivity index (χ0v) is 16.9. The Morgan fingerprint density at radius 3 is 2.57 bits per heavy atom. The minimum absolute atomic E-state index is 0.0407. The van der Waals surface area contributed by atoms with Crippen molar-refractivity contribution in [2.24, 2.45) is 0 Å². The van der Waals surface area contributed by atoms with Crippen molar-refractivity contribution in [2.45, 2.75) is 26.7 Å². The Balaban J connectivity index is 1.55. The lowest BCUT2D eigenvalue weighted by atomic mass is 10.1. The van der Waals surface area contributed by atoms with Crippen LogP contribution in [0, 0.1) is 6.92 Å². The lowest BCUT2D eigenvalue weighted by molar-refractivity contribution is 0.0981. The molecule has 28 heavy (non-hydrogen) atoms. The van der Waals surface area contributed by atoms with E-state index < -0.39 is 0 Å². The first-order valence-electron chi connectivity index (χ1n) is 10.3. The molecule has 1 amide bonds. The predicted molar refractivity (Wildman–Crippen MR) is 113 cm³/mol. The molecule has 148 valence electrons. The molecule has 0 aromatic heterocycles. The number of hydrogen-bond acceptors (Lipinski definition) is 4. The third-order valence-corrected chi connectivity index (χ3v) is 5.76. The van der Waals surface area contributed by atoms with Gasteiger partial charge in [-0.15, -0.1) is 0 Å². The standard InChI is InChI=1S/C23H29N3O2/c1-3-25-17-26(21-9-5-4-8-18(21)2)23(27)20-16-19(10-11-22(20)25)28-15-14-24-12-6-7-13-24/h4-5,8-11,16H,3,6-7,12-15,17H2,1-2H3. The van der Waals surface area contributed by atoms with E-state index in [1.165, 1.54) is 25.9 Å². The topological polar surface area (TPSA) is 36.0 Å². The minimum Gasteiger partial charge on any atom is -0.492 e. The van der Waals surface area contributed by atoms with E-state index in [1.54, 1.807) is 0 Å². The van der Waals surface area contributed by atoms with Crippen LogP contribution in [0.25, 0.3) is 0 Å². The van der Waals surface area contributed by atoms with Crippen LogP contribution in [0.15, 0.2) is 42.5 Å². The third-order valence-electron chi connectivity index (χ3n) is 5.76. The number of aryl methyl sites for hydroxylation is 1. The summed E-state index contributed by atoms with van der Waals surface area (Å²) in [7, 11) is 0. The van der Waals surface area contributed by atoms with E-state index in [2.05, 4.69) is 16.7 Å². The van der Waals surface area contributed by atoms with Crippen molar-refractivity contribution in [3.05, 3.63) is 53.6 Å². The van der Waals surface area contributed by atoms with Gasteiger partial charge in [0.05, 0.1) is 17.9 Å². The smallest absolute Gasteiger partial charge is 0.262 e. The van der Waals surface area contributed by atoms with Crippen molar-refractivity contribution in [1.29, 1.82) is 0 Å². The van der Waals surface area contributed by atoms with Crippen LogP contribution in [-0.4, -0.2) is 50.3 Å². The van der Waals surface area contributed by atoms with Gasteiger partial charge in [0.2, 0.25) is 0 Å². The van der Waals surface area contributed by atoms with Gasteiger partial charge in [-0.25, -0.2) is 0 Å². The normalized spacial score (nSPS) is 17.1. The van der Waals surface area contributed by atoms with Crippen LogP contribution in [0.4, 0.5) is 11.4 Å². The number of likely N-dealkylation sites (tertiary alicyclic amines) is 1. The second-order valence-electron chi connectivity index (χ2n) is 7.59. The van der Waals surface area contributed by atoms with E-state index in [9.17, 15) is 4.79 Å². The summed E-state index contributed by atoms with van der Waals surface area (Å²) >= 11 is 0. The second kappa shape index (κ2) is 8.23. The molecular weight excluding hydrogens is 350 g/mol. The van der Waals surface area contributed by atoms with E-state index in [1.807, 2.05) is 54.3 Å². The number of hydrogen-bond donors (Lipinski definition) is 0. The molecule has 0 saturated carbocycles. The number of carbonyl (C=O) groups is 1. The van der Waals surface area contributed by atoms with Crippen molar-refractivity contribution in [3.63, 3.8) is 0 Å². The molecule has 0 bridgehead atoms. The molecule has 1 saturated heterocycles. The molecule has 2 aliphatic heterocycles. The molecule has 1 fully saturated rings. The van der Waals surface area contributed by atoms with Gasteiger partial charge in [-0.1, -0.05) is 18.2 Å². The van der Waals surface area contributed by atoms with Gasteiger partial charge in [-0.05, 0) is 69.6 Å². The number of benzene rings is 2. The van der Waals surface area contributed by atoms with Crippen LogP contribution in [-0.2, 0) is 0 Å². The van der Waals surface area contributed by atoms with Crippen LogP contribution in [0.2, 0.25) is 0 Å². The summed E-state index contributed by atoms with van der Waals surface area (Å²) in [5.74, 6) is 0.813.